The Morgan fingerprint density at radius 3 is 2.22 bits per heavy atom. The Morgan fingerprint density at radius 1 is 0.902 bits per heavy atom. The highest BCUT2D eigenvalue weighted by Gasteiger charge is 2.30. The first-order chi connectivity index (χ1) is 19.6. The molecule has 5 rings (SSSR count). The summed E-state index contributed by atoms with van der Waals surface area (Å²) in [5, 5.41) is 13.2. The van der Waals surface area contributed by atoms with Crippen molar-refractivity contribution in [2.75, 3.05) is 5.32 Å². The number of alkyl halides is 3. The average Bonchev–Trinajstić information content (AvgIpc) is 2.97. The lowest BCUT2D eigenvalue weighted by atomic mass is 9.98. The molecule has 41 heavy (non-hydrogen) atoms. The van der Waals surface area contributed by atoms with E-state index in [-0.39, 0.29) is 5.56 Å². The normalized spacial score (nSPS) is 11.0. The Labute approximate surface area is 238 Å². The van der Waals surface area contributed by atoms with Gasteiger partial charge in [-0.2, -0.15) is 13.2 Å². The Morgan fingerprint density at radius 2 is 1.59 bits per heavy atom. The highest BCUT2D eigenvalue weighted by molar-refractivity contribution is 6.31. The first-order valence-corrected chi connectivity index (χ1v) is 12.6. The lowest BCUT2D eigenvalue weighted by molar-refractivity contribution is -0.137. The molecule has 6 nitrogen and oxygen atoms in total. The predicted octanol–water partition coefficient (Wildman–Crippen LogP) is 7.67. The van der Waals surface area contributed by atoms with Gasteiger partial charge in [-0.1, -0.05) is 66.2 Å². The minimum absolute atomic E-state index is 0.0553. The van der Waals surface area contributed by atoms with E-state index in [0.717, 1.165) is 22.7 Å². The summed E-state index contributed by atoms with van der Waals surface area (Å²) in [6.45, 7) is 0.514. The van der Waals surface area contributed by atoms with Crippen molar-refractivity contribution in [1.29, 1.82) is 0 Å². The second-order valence-corrected chi connectivity index (χ2v) is 9.21. The molecule has 208 valence electrons. The third-order valence-corrected chi connectivity index (χ3v) is 6.43. The number of pyridine rings is 1. The molecule has 0 aliphatic heterocycles. The molecular weight excluding hydrogens is 555 g/mol. The maximum Gasteiger partial charge on any atom is 0.416 e. The van der Waals surface area contributed by atoms with E-state index in [9.17, 15) is 22.8 Å². The van der Waals surface area contributed by atoms with E-state index in [1.54, 1.807) is 42.5 Å². The number of carboxylic acid groups (broad SMARTS) is 1. The molecular formula is C31H23ClF3N3O3. The zero-order valence-electron chi connectivity index (χ0n) is 21.3. The quantitative estimate of drug-likeness (QED) is 0.199. The fourth-order valence-electron chi connectivity index (χ4n) is 3.95. The number of carboxylic acids is 1. The van der Waals surface area contributed by atoms with Crippen molar-refractivity contribution < 1.29 is 27.9 Å². The summed E-state index contributed by atoms with van der Waals surface area (Å²) in [6, 6.07) is 25.1. The summed E-state index contributed by atoms with van der Waals surface area (Å²) in [6.07, 6.45) is -3.21. The van der Waals surface area contributed by atoms with Crippen molar-refractivity contribution in [2.45, 2.75) is 12.7 Å². The highest BCUT2D eigenvalue weighted by Crippen LogP contribution is 2.32. The number of hydrogen-bond donors (Lipinski definition) is 3. The molecule has 0 aliphatic carbocycles. The van der Waals surface area contributed by atoms with Crippen molar-refractivity contribution in [2.24, 2.45) is 5.73 Å². The molecule has 0 bridgehead atoms. The van der Waals surface area contributed by atoms with Crippen LogP contribution in [0.15, 0.2) is 103 Å². The molecule has 0 atom stereocenters. The molecule has 4 N–H and O–H groups in total. The van der Waals surface area contributed by atoms with Gasteiger partial charge in [-0.15, -0.1) is 0 Å². The van der Waals surface area contributed by atoms with Crippen molar-refractivity contribution in [1.82, 2.24) is 4.98 Å². The van der Waals surface area contributed by atoms with E-state index in [4.69, 9.17) is 22.4 Å². The van der Waals surface area contributed by atoms with E-state index in [1.807, 2.05) is 24.3 Å². The number of aromatic carboxylic acids is 1. The third kappa shape index (κ3) is 7.27. The number of nitrogens with zero attached hydrogens (tertiary/aromatic N) is 1. The Balaban J connectivity index is 0.000000367. The number of halogens is 4. The molecule has 0 spiro atoms. The number of fused-ring (bicyclic) bond motifs is 1. The smallest absolute Gasteiger partial charge is 0.416 e. The fourth-order valence-corrected chi connectivity index (χ4v) is 4.16. The summed E-state index contributed by atoms with van der Waals surface area (Å²) in [7, 11) is 0. The highest BCUT2D eigenvalue weighted by atomic mass is 35.5. The van der Waals surface area contributed by atoms with Gasteiger partial charge in [-0.05, 0) is 59.2 Å². The molecule has 0 saturated carbocycles. The van der Waals surface area contributed by atoms with Gasteiger partial charge in [0.25, 0.3) is 5.91 Å². The lowest BCUT2D eigenvalue weighted by Gasteiger charge is -2.12. The lowest BCUT2D eigenvalue weighted by Crippen LogP contribution is -2.13. The molecule has 1 amide bonds. The van der Waals surface area contributed by atoms with Crippen LogP contribution in [0, 0.1) is 0 Å². The molecule has 0 fully saturated rings. The van der Waals surface area contributed by atoms with Crippen LogP contribution in [0.4, 0.5) is 18.9 Å². The van der Waals surface area contributed by atoms with Crippen molar-refractivity contribution in [3.63, 3.8) is 0 Å². The zero-order valence-corrected chi connectivity index (χ0v) is 22.1. The van der Waals surface area contributed by atoms with Gasteiger partial charge in [-0.3, -0.25) is 9.78 Å². The fraction of sp³-hybridized carbons (Fsp3) is 0.0645. The minimum atomic E-state index is -4.44. The van der Waals surface area contributed by atoms with Gasteiger partial charge in [0.15, 0.2) is 0 Å². The standard InChI is InChI=1S/C24H15F3N2O3.C7H8ClN/c25-24(26,27)17-8-5-14(6-9-17)19-3-1-2-4-20(19)22(30)29-18-10-7-15-11-16(23(31)32)13-28-21(15)12-18;8-7-4-2-1-3-6(7)5-9/h1-13H,(H,29,30)(H,31,32);1-4H,5,9H2. The van der Waals surface area contributed by atoms with Crippen LogP contribution in [0.2, 0.25) is 5.02 Å². The summed E-state index contributed by atoms with van der Waals surface area (Å²) in [5.41, 5.74) is 7.86. The second kappa shape index (κ2) is 12.6. The van der Waals surface area contributed by atoms with E-state index >= 15 is 0 Å². The van der Waals surface area contributed by atoms with Gasteiger partial charge in [0.1, 0.15) is 0 Å². The minimum Gasteiger partial charge on any atom is -0.478 e. The maximum atomic E-state index is 12.9. The molecule has 1 heterocycles. The van der Waals surface area contributed by atoms with E-state index in [0.29, 0.717) is 39.8 Å². The number of carbonyl (C=O) groups is 2. The number of hydrogen-bond acceptors (Lipinski definition) is 4. The third-order valence-electron chi connectivity index (χ3n) is 6.06. The number of nitrogens with two attached hydrogens (primary N) is 1. The van der Waals surface area contributed by atoms with Gasteiger partial charge in [0.2, 0.25) is 0 Å². The van der Waals surface area contributed by atoms with Crippen molar-refractivity contribution in [3.8, 4) is 11.1 Å². The molecule has 1 aromatic heterocycles. The molecule has 0 aliphatic rings. The molecule has 5 aromatic rings. The molecule has 0 saturated heterocycles. The number of anilines is 1. The topological polar surface area (TPSA) is 105 Å². The molecule has 0 radical (unpaired) electrons. The Kier molecular flexibility index (Phi) is 9.01. The first-order valence-electron chi connectivity index (χ1n) is 12.2. The van der Waals surface area contributed by atoms with Crippen LogP contribution in [0.3, 0.4) is 0 Å². The Hall–Kier alpha value is -4.73. The van der Waals surface area contributed by atoms with Gasteiger partial charge in [0, 0.05) is 34.4 Å². The number of benzene rings is 4. The maximum absolute atomic E-state index is 12.9. The van der Waals surface area contributed by atoms with Crippen LogP contribution >= 0.6 is 11.6 Å². The predicted molar refractivity (Wildman–Crippen MR) is 153 cm³/mol. The van der Waals surface area contributed by atoms with Crippen LogP contribution < -0.4 is 11.1 Å². The van der Waals surface area contributed by atoms with Crippen LogP contribution in [0.25, 0.3) is 22.0 Å². The molecule has 0 unspecified atom stereocenters. The first kappa shape index (κ1) is 29.3. The number of nitrogens with one attached hydrogen (secondary N) is 1. The zero-order chi connectivity index (χ0) is 29.6. The van der Waals surface area contributed by atoms with Gasteiger partial charge in [0.05, 0.1) is 16.6 Å². The number of carbonyl (C=O) groups excluding carboxylic acids is 1. The number of amides is 1. The van der Waals surface area contributed by atoms with Crippen LogP contribution in [0.1, 0.15) is 31.8 Å². The average molecular weight is 578 g/mol. The summed E-state index contributed by atoms with van der Waals surface area (Å²) in [4.78, 5) is 28.1. The van der Waals surface area contributed by atoms with Crippen LogP contribution in [0.5, 0.6) is 0 Å². The summed E-state index contributed by atoms with van der Waals surface area (Å²) in [5.74, 6) is -1.53. The molecule has 4 aromatic carbocycles. The number of aromatic nitrogens is 1. The van der Waals surface area contributed by atoms with Crippen molar-refractivity contribution >= 4 is 40.1 Å². The Bertz CT molecular complexity index is 1710. The second-order valence-electron chi connectivity index (χ2n) is 8.81. The molecule has 10 heteroatoms. The van der Waals surface area contributed by atoms with E-state index in [1.165, 1.54) is 24.4 Å². The SMILES string of the molecule is NCc1ccccc1Cl.O=C(O)c1cnc2cc(NC(=O)c3ccccc3-c3ccc(C(F)(F)F)cc3)ccc2c1. The monoisotopic (exact) mass is 577 g/mol. The summed E-state index contributed by atoms with van der Waals surface area (Å²) < 4.78 is 38.5. The summed E-state index contributed by atoms with van der Waals surface area (Å²) >= 11 is 5.74. The van der Waals surface area contributed by atoms with Crippen molar-refractivity contribution in [3.05, 3.63) is 131 Å². The van der Waals surface area contributed by atoms with E-state index < -0.39 is 23.6 Å². The largest absolute Gasteiger partial charge is 0.478 e. The van der Waals surface area contributed by atoms with Gasteiger partial charge < -0.3 is 16.2 Å². The van der Waals surface area contributed by atoms with Crippen LogP contribution in [-0.4, -0.2) is 22.0 Å². The number of rotatable bonds is 5. The van der Waals surface area contributed by atoms with E-state index in [2.05, 4.69) is 10.3 Å². The van der Waals surface area contributed by atoms with Gasteiger partial charge in [-0.25, -0.2) is 4.79 Å². The van der Waals surface area contributed by atoms with Crippen LogP contribution in [-0.2, 0) is 12.7 Å². The van der Waals surface area contributed by atoms with Gasteiger partial charge >= 0.3 is 12.1 Å².